The van der Waals surface area contributed by atoms with E-state index in [0.717, 1.165) is 18.5 Å². The Morgan fingerprint density at radius 2 is 1.50 bits per heavy atom. The SMILES string of the molecule is CCc1cccc(CC)c1NCCC(=O)Nc1cc(OC)c(OC)c(OC)c1. The van der Waals surface area contributed by atoms with Gasteiger partial charge < -0.3 is 24.8 Å². The second-order valence-electron chi connectivity index (χ2n) is 6.30. The molecule has 6 nitrogen and oxygen atoms in total. The summed E-state index contributed by atoms with van der Waals surface area (Å²) in [6.07, 6.45) is 2.25. The van der Waals surface area contributed by atoms with Crippen molar-refractivity contribution in [1.82, 2.24) is 0 Å². The lowest BCUT2D eigenvalue weighted by Crippen LogP contribution is -2.17. The van der Waals surface area contributed by atoms with Crippen molar-refractivity contribution in [3.05, 3.63) is 41.5 Å². The summed E-state index contributed by atoms with van der Waals surface area (Å²) in [5.74, 6) is 1.40. The van der Waals surface area contributed by atoms with Crippen LogP contribution in [0.5, 0.6) is 17.2 Å². The Bertz CT molecular complexity index is 758. The maximum absolute atomic E-state index is 12.4. The van der Waals surface area contributed by atoms with Crippen molar-refractivity contribution in [1.29, 1.82) is 0 Å². The van der Waals surface area contributed by atoms with E-state index in [2.05, 4.69) is 42.7 Å². The number of hydrogen-bond donors (Lipinski definition) is 2. The molecule has 0 aromatic heterocycles. The molecule has 0 aliphatic rings. The van der Waals surface area contributed by atoms with Crippen LogP contribution in [0.4, 0.5) is 11.4 Å². The highest BCUT2D eigenvalue weighted by molar-refractivity contribution is 5.91. The number of nitrogens with one attached hydrogen (secondary N) is 2. The molecule has 0 fully saturated rings. The van der Waals surface area contributed by atoms with Crippen LogP contribution in [0.25, 0.3) is 0 Å². The van der Waals surface area contributed by atoms with Gasteiger partial charge in [-0.05, 0) is 24.0 Å². The largest absolute Gasteiger partial charge is 0.493 e. The third-order valence-electron chi connectivity index (χ3n) is 4.60. The lowest BCUT2D eigenvalue weighted by atomic mass is 10.0. The monoisotopic (exact) mass is 386 g/mol. The molecule has 0 unspecified atom stereocenters. The number of para-hydroxylation sites is 1. The van der Waals surface area contributed by atoms with Crippen LogP contribution in [-0.4, -0.2) is 33.8 Å². The van der Waals surface area contributed by atoms with Crippen molar-refractivity contribution in [2.24, 2.45) is 0 Å². The first-order valence-corrected chi connectivity index (χ1v) is 9.52. The molecular weight excluding hydrogens is 356 g/mol. The number of ether oxygens (including phenoxy) is 3. The Labute approximate surface area is 167 Å². The highest BCUT2D eigenvalue weighted by Crippen LogP contribution is 2.39. The summed E-state index contributed by atoms with van der Waals surface area (Å²) in [4.78, 5) is 12.4. The van der Waals surface area contributed by atoms with E-state index in [4.69, 9.17) is 14.2 Å². The maximum Gasteiger partial charge on any atom is 0.226 e. The van der Waals surface area contributed by atoms with Gasteiger partial charge in [0.15, 0.2) is 11.5 Å². The van der Waals surface area contributed by atoms with Crippen LogP contribution in [0, 0.1) is 0 Å². The molecule has 2 rings (SSSR count). The molecule has 0 saturated carbocycles. The molecule has 0 saturated heterocycles. The number of carbonyl (C=O) groups is 1. The first-order chi connectivity index (χ1) is 13.6. The van der Waals surface area contributed by atoms with Crippen molar-refractivity contribution in [2.75, 3.05) is 38.5 Å². The summed E-state index contributed by atoms with van der Waals surface area (Å²) in [5.41, 5.74) is 4.28. The van der Waals surface area contributed by atoms with Crippen molar-refractivity contribution < 1.29 is 19.0 Å². The van der Waals surface area contributed by atoms with E-state index < -0.39 is 0 Å². The van der Waals surface area contributed by atoms with Gasteiger partial charge >= 0.3 is 0 Å². The zero-order chi connectivity index (χ0) is 20.5. The maximum atomic E-state index is 12.4. The van der Waals surface area contributed by atoms with Gasteiger partial charge in [0, 0.05) is 36.5 Å². The molecule has 28 heavy (non-hydrogen) atoms. The highest BCUT2D eigenvalue weighted by atomic mass is 16.5. The fourth-order valence-electron chi connectivity index (χ4n) is 3.15. The van der Waals surface area contributed by atoms with Crippen LogP contribution < -0.4 is 24.8 Å². The minimum absolute atomic E-state index is 0.0891. The van der Waals surface area contributed by atoms with Gasteiger partial charge in [0.25, 0.3) is 0 Å². The van der Waals surface area contributed by atoms with Crippen LogP contribution in [0.2, 0.25) is 0 Å². The van der Waals surface area contributed by atoms with E-state index in [1.54, 1.807) is 33.5 Å². The number of benzene rings is 2. The first kappa shape index (κ1) is 21.4. The van der Waals surface area contributed by atoms with Gasteiger partial charge in [-0.25, -0.2) is 0 Å². The molecule has 2 aromatic rings. The molecule has 0 bridgehead atoms. The standard InChI is InChI=1S/C22H30N2O4/c1-6-15-9-8-10-16(7-2)21(15)23-12-11-20(25)24-17-13-18(26-3)22(28-5)19(14-17)27-4/h8-10,13-14,23H,6-7,11-12H2,1-5H3,(H,24,25). The second kappa shape index (κ2) is 10.4. The van der Waals surface area contributed by atoms with E-state index >= 15 is 0 Å². The topological polar surface area (TPSA) is 68.8 Å². The lowest BCUT2D eigenvalue weighted by molar-refractivity contribution is -0.115. The van der Waals surface area contributed by atoms with Crippen LogP contribution in [0.15, 0.2) is 30.3 Å². The van der Waals surface area contributed by atoms with Crippen molar-refractivity contribution in [3.8, 4) is 17.2 Å². The smallest absolute Gasteiger partial charge is 0.226 e. The molecule has 2 aromatic carbocycles. The second-order valence-corrected chi connectivity index (χ2v) is 6.30. The fourth-order valence-corrected chi connectivity index (χ4v) is 3.15. The van der Waals surface area contributed by atoms with Gasteiger partial charge in [-0.15, -0.1) is 0 Å². The zero-order valence-electron chi connectivity index (χ0n) is 17.3. The van der Waals surface area contributed by atoms with Crippen LogP contribution >= 0.6 is 0 Å². The summed E-state index contributed by atoms with van der Waals surface area (Å²) in [5, 5.41) is 6.33. The Morgan fingerprint density at radius 1 is 0.929 bits per heavy atom. The van der Waals surface area contributed by atoms with Gasteiger partial charge in [-0.3, -0.25) is 4.79 Å². The Kier molecular flexibility index (Phi) is 7.99. The predicted molar refractivity (Wildman–Crippen MR) is 113 cm³/mol. The molecule has 6 heteroatoms. The Balaban J connectivity index is 2.02. The summed E-state index contributed by atoms with van der Waals surface area (Å²) >= 11 is 0. The third-order valence-corrected chi connectivity index (χ3v) is 4.60. The summed E-state index contributed by atoms with van der Waals surface area (Å²) in [7, 11) is 4.63. The Morgan fingerprint density at radius 3 is 1.96 bits per heavy atom. The van der Waals surface area contributed by atoms with Crippen LogP contribution in [0.3, 0.4) is 0 Å². The number of hydrogen-bond acceptors (Lipinski definition) is 5. The molecule has 0 aliphatic heterocycles. The van der Waals surface area contributed by atoms with Crippen molar-refractivity contribution in [3.63, 3.8) is 0 Å². The zero-order valence-corrected chi connectivity index (χ0v) is 17.3. The molecule has 1 amide bonds. The fraction of sp³-hybridized carbons (Fsp3) is 0.409. The summed E-state index contributed by atoms with van der Waals surface area (Å²) < 4.78 is 15.9. The summed E-state index contributed by atoms with van der Waals surface area (Å²) in [6, 6.07) is 9.76. The van der Waals surface area contributed by atoms with Gasteiger partial charge in [0.1, 0.15) is 0 Å². The van der Waals surface area contributed by atoms with Crippen molar-refractivity contribution in [2.45, 2.75) is 33.1 Å². The first-order valence-electron chi connectivity index (χ1n) is 9.52. The average Bonchev–Trinajstić information content (AvgIpc) is 2.72. The highest BCUT2D eigenvalue weighted by Gasteiger charge is 2.14. The number of amides is 1. The average molecular weight is 386 g/mol. The van der Waals surface area contributed by atoms with Gasteiger partial charge in [-0.1, -0.05) is 32.0 Å². The molecule has 152 valence electrons. The van der Waals surface area contributed by atoms with Gasteiger partial charge in [0.05, 0.1) is 21.3 Å². The number of methoxy groups -OCH3 is 3. The molecule has 2 N–H and O–H groups in total. The number of rotatable bonds is 10. The van der Waals surface area contributed by atoms with Gasteiger partial charge in [0.2, 0.25) is 11.7 Å². The van der Waals surface area contributed by atoms with E-state index in [1.165, 1.54) is 11.1 Å². The van der Waals surface area contributed by atoms with E-state index in [1.807, 2.05) is 0 Å². The summed E-state index contributed by atoms with van der Waals surface area (Å²) in [6.45, 7) is 4.83. The van der Waals surface area contributed by atoms with Crippen LogP contribution in [-0.2, 0) is 17.6 Å². The minimum Gasteiger partial charge on any atom is -0.493 e. The van der Waals surface area contributed by atoms with Gasteiger partial charge in [-0.2, -0.15) is 0 Å². The quantitative estimate of drug-likeness (QED) is 0.638. The molecule has 0 aliphatic carbocycles. The van der Waals surface area contributed by atoms with E-state index in [0.29, 0.717) is 35.9 Å². The van der Waals surface area contributed by atoms with Crippen LogP contribution in [0.1, 0.15) is 31.4 Å². The number of anilines is 2. The predicted octanol–water partition coefficient (Wildman–Crippen LogP) is 4.28. The number of aryl methyl sites for hydroxylation is 2. The minimum atomic E-state index is -0.0891. The van der Waals surface area contributed by atoms with Crippen molar-refractivity contribution >= 4 is 17.3 Å². The number of carbonyl (C=O) groups excluding carboxylic acids is 1. The molecular formula is C22H30N2O4. The van der Waals surface area contributed by atoms with E-state index in [9.17, 15) is 4.79 Å². The Hall–Kier alpha value is -2.89. The third kappa shape index (κ3) is 5.09. The lowest BCUT2D eigenvalue weighted by Gasteiger charge is -2.16. The molecule has 0 heterocycles. The normalized spacial score (nSPS) is 10.3. The molecule has 0 radical (unpaired) electrons. The molecule has 0 atom stereocenters. The van der Waals surface area contributed by atoms with E-state index in [-0.39, 0.29) is 5.91 Å². The molecule has 0 spiro atoms.